The summed E-state index contributed by atoms with van der Waals surface area (Å²) in [5, 5.41) is 2.82. The average Bonchev–Trinajstić information content (AvgIpc) is 2.36. The van der Waals surface area contributed by atoms with Gasteiger partial charge in [-0.2, -0.15) is 0 Å². The molecule has 0 aliphatic carbocycles. The summed E-state index contributed by atoms with van der Waals surface area (Å²) >= 11 is 0. The molecule has 0 atom stereocenters. The zero-order valence-electron chi connectivity index (χ0n) is 12.7. The molecule has 1 aromatic rings. The largest absolute Gasteiger partial charge is 0.484 e. The summed E-state index contributed by atoms with van der Waals surface area (Å²) in [6.45, 7) is 8.28. The van der Waals surface area contributed by atoms with Gasteiger partial charge in [0.05, 0.1) is 0 Å². The second kappa shape index (κ2) is 7.68. The van der Waals surface area contributed by atoms with Crippen molar-refractivity contribution < 1.29 is 14.3 Å². The lowest BCUT2D eigenvalue weighted by Gasteiger charge is -2.11. The third kappa shape index (κ3) is 5.43. The van der Waals surface area contributed by atoms with Gasteiger partial charge in [0.25, 0.3) is 5.91 Å². The van der Waals surface area contributed by atoms with Gasteiger partial charge < -0.3 is 10.1 Å². The van der Waals surface area contributed by atoms with Crippen LogP contribution < -0.4 is 10.1 Å². The molecule has 1 amide bonds. The quantitative estimate of drug-likeness (QED) is 0.780. The Kier molecular flexibility index (Phi) is 6.22. The summed E-state index contributed by atoms with van der Waals surface area (Å²) in [5.41, 5.74) is 1.50. The minimum absolute atomic E-state index is 0.00163. The molecule has 1 rings (SSSR count). The van der Waals surface area contributed by atoms with E-state index >= 15 is 0 Å². The predicted octanol–water partition coefficient (Wildman–Crippen LogP) is 2.74. The number of amides is 1. The Bertz CT molecular complexity index is 481. The normalized spacial score (nSPS) is 10.4. The molecule has 0 saturated carbocycles. The molecule has 0 heterocycles. The van der Waals surface area contributed by atoms with Crippen molar-refractivity contribution in [2.75, 3.05) is 13.2 Å². The van der Waals surface area contributed by atoms with Gasteiger partial charge in [-0.25, -0.2) is 0 Å². The minimum Gasteiger partial charge on any atom is -0.484 e. The summed E-state index contributed by atoms with van der Waals surface area (Å²) in [5.74, 6) is 1.10. The highest BCUT2D eigenvalue weighted by molar-refractivity contribution is 5.94. The standard InChI is InChI=1S/C16H23NO3/c1-11(2)7-8-17-16(19)10-20-15-6-5-14(13(4)18)9-12(15)3/h5-6,9,11H,7-8,10H2,1-4H3,(H,17,19). The molecule has 1 N–H and O–H groups in total. The van der Waals surface area contributed by atoms with Crippen molar-refractivity contribution in [1.29, 1.82) is 0 Å². The van der Waals surface area contributed by atoms with Crippen LogP contribution in [0.5, 0.6) is 5.75 Å². The Morgan fingerprint density at radius 3 is 2.55 bits per heavy atom. The van der Waals surface area contributed by atoms with Gasteiger partial charge in [-0.3, -0.25) is 9.59 Å². The van der Waals surface area contributed by atoms with Crippen LogP contribution in [0.1, 0.15) is 43.1 Å². The van der Waals surface area contributed by atoms with E-state index in [-0.39, 0.29) is 18.3 Å². The van der Waals surface area contributed by atoms with Gasteiger partial charge >= 0.3 is 0 Å². The highest BCUT2D eigenvalue weighted by Gasteiger charge is 2.07. The van der Waals surface area contributed by atoms with Crippen LogP contribution in [0.3, 0.4) is 0 Å². The molecule has 0 saturated heterocycles. The molecule has 1 aromatic carbocycles. The molecule has 0 unspecified atom stereocenters. The lowest BCUT2D eigenvalue weighted by atomic mass is 10.1. The summed E-state index contributed by atoms with van der Waals surface area (Å²) in [6.07, 6.45) is 0.956. The van der Waals surface area contributed by atoms with Crippen LogP contribution in [-0.2, 0) is 4.79 Å². The predicted molar refractivity (Wildman–Crippen MR) is 79.1 cm³/mol. The molecule has 4 heteroatoms. The number of hydrogen-bond acceptors (Lipinski definition) is 3. The van der Waals surface area contributed by atoms with Gasteiger partial charge in [0.1, 0.15) is 5.75 Å². The SMILES string of the molecule is CC(=O)c1ccc(OCC(=O)NCCC(C)C)c(C)c1. The van der Waals surface area contributed by atoms with Crippen LogP contribution in [0.15, 0.2) is 18.2 Å². The third-order valence-corrected chi connectivity index (χ3v) is 2.98. The molecule has 110 valence electrons. The van der Waals surface area contributed by atoms with Crippen molar-refractivity contribution >= 4 is 11.7 Å². The number of rotatable bonds is 7. The van der Waals surface area contributed by atoms with Crippen molar-refractivity contribution in [2.45, 2.75) is 34.1 Å². The first-order valence-electron chi connectivity index (χ1n) is 6.91. The number of carbonyl (C=O) groups excluding carboxylic acids is 2. The molecule has 0 spiro atoms. The van der Waals surface area contributed by atoms with E-state index in [4.69, 9.17) is 4.74 Å². The Morgan fingerprint density at radius 2 is 2.00 bits per heavy atom. The summed E-state index contributed by atoms with van der Waals surface area (Å²) in [4.78, 5) is 22.8. The maximum absolute atomic E-state index is 11.6. The molecule has 0 fully saturated rings. The Labute approximate surface area is 120 Å². The van der Waals surface area contributed by atoms with E-state index in [1.54, 1.807) is 18.2 Å². The van der Waals surface area contributed by atoms with Crippen LogP contribution >= 0.6 is 0 Å². The van der Waals surface area contributed by atoms with Gasteiger partial charge in [0, 0.05) is 12.1 Å². The number of ether oxygens (including phenoxy) is 1. The van der Waals surface area contributed by atoms with Crippen molar-refractivity contribution in [2.24, 2.45) is 5.92 Å². The Balaban J connectivity index is 2.45. The van der Waals surface area contributed by atoms with E-state index in [0.717, 1.165) is 12.0 Å². The third-order valence-electron chi connectivity index (χ3n) is 2.98. The van der Waals surface area contributed by atoms with Gasteiger partial charge in [0.2, 0.25) is 0 Å². The summed E-state index contributed by atoms with van der Waals surface area (Å²) in [6, 6.07) is 5.21. The topological polar surface area (TPSA) is 55.4 Å². The van der Waals surface area contributed by atoms with Gasteiger partial charge in [-0.15, -0.1) is 0 Å². The van der Waals surface area contributed by atoms with Gasteiger partial charge in [-0.05, 0) is 49.9 Å². The van der Waals surface area contributed by atoms with Crippen molar-refractivity contribution in [3.05, 3.63) is 29.3 Å². The second-order valence-electron chi connectivity index (χ2n) is 5.36. The van der Waals surface area contributed by atoms with Gasteiger partial charge in [-0.1, -0.05) is 13.8 Å². The Morgan fingerprint density at radius 1 is 1.30 bits per heavy atom. The zero-order chi connectivity index (χ0) is 15.1. The number of Topliss-reactive ketones (excluding diaryl/α,β-unsaturated/α-hetero) is 1. The Hall–Kier alpha value is -1.84. The number of ketones is 1. The van der Waals surface area contributed by atoms with Crippen LogP contribution in [0.25, 0.3) is 0 Å². The van der Waals surface area contributed by atoms with Crippen molar-refractivity contribution in [3.63, 3.8) is 0 Å². The second-order valence-corrected chi connectivity index (χ2v) is 5.36. The molecule has 20 heavy (non-hydrogen) atoms. The molecule has 0 aliphatic rings. The highest BCUT2D eigenvalue weighted by atomic mass is 16.5. The average molecular weight is 277 g/mol. The number of hydrogen-bond donors (Lipinski definition) is 1. The van der Waals surface area contributed by atoms with E-state index < -0.39 is 0 Å². The van der Waals surface area contributed by atoms with Crippen LogP contribution in [0.4, 0.5) is 0 Å². The van der Waals surface area contributed by atoms with E-state index in [1.807, 2.05) is 6.92 Å². The van der Waals surface area contributed by atoms with E-state index in [0.29, 0.717) is 23.8 Å². The summed E-state index contributed by atoms with van der Waals surface area (Å²) < 4.78 is 5.47. The van der Waals surface area contributed by atoms with E-state index in [9.17, 15) is 9.59 Å². The lowest BCUT2D eigenvalue weighted by molar-refractivity contribution is -0.123. The van der Waals surface area contributed by atoms with Gasteiger partial charge in [0.15, 0.2) is 12.4 Å². The van der Waals surface area contributed by atoms with Crippen LogP contribution in [0, 0.1) is 12.8 Å². The fraction of sp³-hybridized carbons (Fsp3) is 0.500. The number of nitrogens with one attached hydrogen (secondary N) is 1. The molecular formula is C16H23NO3. The van der Waals surface area contributed by atoms with E-state index in [2.05, 4.69) is 19.2 Å². The molecular weight excluding hydrogens is 254 g/mol. The van der Waals surface area contributed by atoms with E-state index in [1.165, 1.54) is 6.92 Å². The number of carbonyl (C=O) groups is 2. The summed E-state index contributed by atoms with van der Waals surface area (Å²) in [7, 11) is 0. The monoisotopic (exact) mass is 277 g/mol. The first-order chi connectivity index (χ1) is 9.40. The van der Waals surface area contributed by atoms with Crippen LogP contribution in [-0.4, -0.2) is 24.8 Å². The maximum Gasteiger partial charge on any atom is 0.257 e. The first kappa shape index (κ1) is 16.2. The van der Waals surface area contributed by atoms with Crippen molar-refractivity contribution in [1.82, 2.24) is 5.32 Å². The first-order valence-corrected chi connectivity index (χ1v) is 6.91. The molecule has 0 aromatic heterocycles. The fourth-order valence-corrected chi connectivity index (χ4v) is 1.72. The maximum atomic E-state index is 11.6. The van der Waals surface area contributed by atoms with Crippen molar-refractivity contribution in [3.8, 4) is 5.75 Å². The number of benzene rings is 1. The fourth-order valence-electron chi connectivity index (χ4n) is 1.72. The molecule has 0 aliphatic heterocycles. The zero-order valence-corrected chi connectivity index (χ0v) is 12.7. The van der Waals surface area contributed by atoms with Crippen LogP contribution in [0.2, 0.25) is 0 Å². The highest BCUT2D eigenvalue weighted by Crippen LogP contribution is 2.19. The number of aryl methyl sites for hydroxylation is 1. The minimum atomic E-state index is -0.124. The smallest absolute Gasteiger partial charge is 0.257 e. The molecule has 0 bridgehead atoms. The molecule has 0 radical (unpaired) electrons. The lowest BCUT2D eigenvalue weighted by Crippen LogP contribution is -2.30. The molecule has 4 nitrogen and oxygen atoms in total.